The molecule has 7 aromatic rings. The van der Waals surface area contributed by atoms with Crippen LogP contribution in [0, 0.1) is 0 Å². The van der Waals surface area contributed by atoms with Gasteiger partial charge < -0.3 is 9.64 Å². The fourth-order valence-electron chi connectivity index (χ4n) is 6.89. The van der Waals surface area contributed by atoms with Gasteiger partial charge in [0.2, 0.25) is 0 Å². The molecule has 1 aliphatic heterocycles. The van der Waals surface area contributed by atoms with Gasteiger partial charge in [0.05, 0.1) is 10.4 Å². The number of thiophene rings is 1. The van der Waals surface area contributed by atoms with Crippen molar-refractivity contribution in [1.82, 2.24) is 0 Å². The summed E-state index contributed by atoms with van der Waals surface area (Å²) in [5.41, 5.74) is 7.19. The van der Waals surface area contributed by atoms with Gasteiger partial charge in [-0.25, -0.2) is 0 Å². The van der Waals surface area contributed by atoms with E-state index in [1.807, 2.05) is 11.3 Å². The molecule has 204 valence electrons. The molecule has 0 N–H and O–H groups in total. The molecule has 0 bridgehead atoms. The molecule has 0 amide bonds. The minimum absolute atomic E-state index is 0.0362. The SMILES string of the molecule is C1=CC2Oc3cc(-c4ccccc4)c4ccccc4c3C2C=C1N(c1ccccc1)c1cccc2c1sc1ccccc12. The van der Waals surface area contributed by atoms with Gasteiger partial charge in [-0.1, -0.05) is 103 Å². The average molecular weight is 570 g/mol. The van der Waals surface area contributed by atoms with Crippen LogP contribution in [0.5, 0.6) is 5.75 Å². The zero-order valence-electron chi connectivity index (χ0n) is 23.4. The Bertz CT molecular complexity index is 2230. The lowest BCUT2D eigenvalue weighted by Gasteiger charge is -2.30. The Balaban J connectivity index is 1.24. The summed E-state index contributed by atoms with van der Waals surface area (Å²) in [6.45, 7) is 0. The van der Waals surface area contributed by atoms with E-state index in [1.54, 1.807) is 0 Å². The van der Waals surface area contributed by atoms with Gasteiger partial charge in [0.25, 0.3) is 0 Å². The molecule has 0 saturated carbocycles. The Kier molecular flexibility index (Phi) is 5.53. The van der Waals surface area contributed by atoms with Crippen molar-refractivity contribution < 1.29 is 4.74 Å². The number of nitrogens with zero attached hydrogens (tertiary/aromatic N) is 1. The fraction of sp³-hybridized carbons (Fsp3) is 0.0500. The molecule has 2 nitrogen and oxygen atoms in total. The number of hydrogen-bond donors (Lipinski definition) is 0. The van der Waals surface area contributed by atoms with Gasteiger partial charge >= 0.3 is 0 Å². The second-order valence-electron chi connectivity index (χ2n) is 11.2. The van der Waals surface area contributed by atoms with Crippen molar-refractivity contribution in [2.24, 2.45) is 0 Å². The summed E-state index contributed by atoms with van der Waals surface area (Å²) >= 11 is 1.87. The molecule has 1 aromatic heterocycles. The lowest BCUT2D eigenvalue weighted by atomic mass is 9.85. The number of rotatable bonds is 4. The van der Waals surface area contributed by atoms with E-state index >= 15 is 0 Å². The third-order valence-electron chi connectivity index (χ3n) is 8.79. The number of anilines is 2. The molecular weight excluding hydrogens is 543 g/mol. The smallest absolute Gasteiger partial charge is 0.128 e. The summed E-state index contributed by atoms with van der Waals surface area (Å²) in [6, 6.07) is 47.8. The Morgan fingerprint density at radius 3 is 2.16 bits per heavy atom. The zero-order valence-corrected chi connectivity index (χ0v) is 24.2. The predicted molar refractivity (Wildman–Crippen MR) is 182 cm³/mol. The van der Waals surface area contributed by atoms with Gasteiger partial charge in [-0.3, -0.25) is 0 Å². The van der Waals surface area contributed by atoms with E-state index in [-0.39, 0.29) is 12.0 Å². The van der Waals surface area contributed by atoms with Crippen LogP contribution in [-0.2, 0) is 0 Å². The number of allylic oxidation sites excluding steroid dienone is 1. The van der Waals surface area contributed by atoms with Gasteiger partial charge in [-0.15, -0.1) is 11.3 Å². The van der Waals surface area contributed by atoms with E-state index in [0.29, 0.717) is 0 Å². The van der Waals surface area contributed by atoms with Gasteiger partial charge in [-0.05, 0) is 70.5 Å². The molecule has 0 saturated heterocycles. The lowest BCUT2D eigenvalue weighted by Crippen LogP contribution is -2.23. The van der Waals surface area contributed by atoms with Crippen LogP contribution in [0.3, 0.4) is 0 Å². The Morgan fingerprint density at radius 1 is 0.628 bits per heavy atom. The van der Waals surface area contributed by atoms with E-state index in [2.05, 4.69) is 157 Å². The first-order chi connectivity index (χ1) is 21.3. The molecule has 2 atom stereocenters. The highest BCUT2D eigenvalue weighted by molar-refractivity contribution is 7.26. The minimum atomic E-state index is -0.0362. The zero-order chi connectivity index (χ0) is 28.3. The molecule has 2 heterocycles. The van der Waals surface area contributed by atoms with E-state index in [0.717, 1.165) is 17.1 Å². The first-order valence-electron chi connectivity index (χ1n) is 14.8. The van der Waals surface area contributed by atoms with Gasteiger partial charge in [-0.2, -0.15) is 0 Å². The van der Waals surface area contributed by atoms with Crippen molar-refractivity contribution in [1.29, 1.82) is 0 Å². The highest BCUT2D eigenvalue weighted by Crippen LogP contribution is 2.50. The molecule has 9 rings (SSSR count). The number of hydrogen-bond acceptors (Lipinski definition) is 3. The van der Waals surface area contributed by atoms with E-state index in [4.69, 9.17) is 4.74 Å². The number of ether oxygens (including phenoxy) is 1. The lowest BCUT2D eigenvalue weighted by molar-refractivity contribution is 0.268. The van der Waals surface area contributed by atoms with Crippen LogP contribution < -0.4 is 9.64 Å². The Hall–Kier alpha value is -5.12. The molecular formula is C40H27NOS. The third-order valence-corrected chi connectivity index (χ3v) is 10.00. The monoisotopic (exact) mass is 569 g/mol. The van der Waals surface area contributed by atoms with Crippen LogP contribution in [0.4, 0.5) is 11.4 Å². The topological polar surface area (TPSA) is 12.5 Å². The molecule has 0 spiro atoms. The molecule has 0 fully saturated rings. The summed E-state index contributed by atoms with van der Waals surface area (Å²) < 4.78 is 9.29. The maximum absolute atomic E-state index is 6.68. The van der Waals surface area contributed by atoms with Gasteiger partial charge in [0, 0.05) is 38.3 Å². The normalized spacial score (nSPS) is 17.1. The highest BCUT2D eigenvalue weighted by Gasteiger charge is 2.37. The molecule has 3 heteroatoms. The van der Waals surface area contributed by atoms with Crippen molar-refractivity contribution >= 4 is 53.7 Å². The second-order valence-corrected chi connectivity index (χ2v) is 12.3. The molecule has 2 aliphatic rings. The maximum atomic E-state index is 6.68. The van der Waals surface area contributed by atoms with Gasteiger partial charge in [0.1, 0.15) is 11.9 Å². The third kappa shape index (κ3) is 3.86. The number of benzene rings is 6. The van der Waals surface area contributed by atoms with Crippen molar-refractivity contribution in [3.8, 4) is 16.9 Å². The van der Waals surface area contributed by atoms with Crippen LogP contribution in [-0.4, -0.2) is 6.10 Å². The fourth-order valence-corrected chi connectivity index (χ4v) is 8.09. The standard InChI is InChI=1S/C40H27NOS/c1-3-12-26(13-4-1)33-25-37-39(31-18-8-7-16-29(31)33)34-24-28(22-23-36(34)42-37)41(27-14-5-2-6-15-27)35-20-11-19-32-30-17-9-10-21-38(30)43-40(32)35/h1-25,34,36H. The molecule has 43 heavy (non-hydrogen) atoms. The largest absolute Gasteiger partial charge is 0.485 e. The maximum Gasteiger partial charge on any atom is 0.128 e. The number of para-hydroxylation sites is 1. The quantitative estimate of drug-likeness (QED) is 0.209. The molecule has 1 aliphatic carbocycles. The van der Waals surface area contributed by atoms with Crippen LogP contribution in [0.2, 0.25) is 0 Å². The molecule has 0 radical (unpaired) electrons. The summed E-state index contributed by atoms with van der Waals surface area (Å²) in [5, 5.41) is 5.13. The van der Waals surface area contributed by atoms with Crippen molar-refractivity contribution in [3.63, 3.8) is 0 Å². The van der Waals surface area contributed by atoms with Crippen LogP contribution in [0.15, 0.2) is 157 Å². The summed E-state index contributed by atoms with van der Waals surface area (Å²) in [5.74, 6) is 1.09. The summed E-state index contributed by atoms with van der Waals surface area (Å²) in [6.07, 6.45) is 6.88. The summed E-state index contributed by atoms with van der Waals surface area (Å²) in [4.78, 5) is 2.42. The first kappa shape index (κ1) is 24.5. The first-order valence-corrected chi connectivity index (χ1v) is 15.6. The van der Waals surface area contributed by atoms with E-state index < -0.39 is 0 Å². The van der Waals surface area contributed by atoms with E-state index in [1.165, 1.54) is 53.3 Å². The van der Waals surface area contributed by atoms with Crippen molar-refractivity contribution in [2.45, 2.75) is 12.0 Å². The second kappa shape index (κ2) is 9.72. The molecule has 6 aromatic carbocycles. The van der Waals surface area contributed by atoms with Crippen molar-refractivity contribution in [3.05, 3.63) is 163 Å². The van der Waals surface area contributed by atoms with Crippen molar-refractivity contribution in [2.75, 3.05) is 4.90 Å². The van der Waals surface area contributed by atoms with E-state index in [9.17, 15) is 0 Å². The Labute approximate surface area is 254 Å². The minimum Gasteiger partial charge on any atom is -0.485 e. The average Bonchev–Trinajstić information content (AvgIpc) is 3.64. The predicted octanol–water partition coefficient (Wildman–Crippen LogP) is 11.0. The van der Waals surface area contributed by atoms with Gasteiger partial charge in [0.15, 0.2) is 0 Å². The van der Waals surface area contributed by atoms with Crippen LogP contribution >= 0.6 is 11.3 Å². The highest BCUT2D eigenvalue weighted by atomic mass is 32.1. The number of fused-ring (bicyclic) bond motifs is 8. The van der Waals surface area contributed by atoms with Crippen LogP contribution in [0.1, 0.15) is 11.5 Å². The van der Waals surface area contributed by atoms with Crippen LogP contribution in [0.25, 0.3) is 42.1 Å². The Morgan fingerprint density at radius 2 is 1.33 bits per heavy atom. The molecule has 2 unspecified atom stereocenters. The summed E-state index contributed by atoms with van der Waals surface area (Å²) in [7, 11) is 0.